The predicted octanol–water partition coefficient (Wildman–Crippen LogP) is 6.61. The van der Waals surface area contributed by atoms with Crippen LogP contribution in [0.15, 0.2) is 0 Å². The second-order valence-corrected chi connectivity index (χ2v) is 13.1. The van der Waals surface area contributed by atoms with E-state index in [2.05, 4.69) is 13.8 Å². The average molecular weight is 673 g/mol. The summed E-state index contributed by atoms with van der Waals surface area (Å²) in [4.78, 5) is 38.9. The van der Waals surface area contributed by atoms with Gasteiger partial charge in [0, 0.05) is 25.9 Å². The van der Waals surface area contributed by atoms with Gasteiger partial charge < -0.3 is 30.2 Å². The summed E-state index contributed by atoms with van der Waals surface area (Å²) in [6, 6.07) is -0.744. The Labute approximate surface area is 286 Å². The lowest BCUT2D eigenvalue weighted by Gasteiger charge is -2.33. The molecular weight excluding hydrogens is 600 g/mol. The van der Waals surface area contributed by atoms with Crippen molar-refractivity contribution >= 4 is 17.9 Å². The highest BCUT2D eigenvalue weighted by Gasteiger charge is 2.30. The molecule has 0 aromatic rings. The van der Waals surface area contributed by atoms with E-state index in [1.165, 1.54) is 84.2 Å². The van der Waals surface area contributed by atoms with Crippen LogP contribution in [0.4, 0.5) is 0 Å². The van der Waals surface area contributed by atoms with Gasteiger partial charge in [-0.3, -0.25) is 19.3 Å². The number of aliphatic hydroxyl groups excluding tert-OH is 2. The topological polar surface area (TPSA) is 149 Å². The van der Waals surface area contributed by atoms with E-state index in [1.54, 1.807) is 4.90 Å². The molecule has 0 fully saturated rings. The van der Waals surface area contributed by atoms with Gasteiger partial charge in [0.2, 0.25) is 0 Å². The van der Waals surface area contributed by atoms with Crippen molar-refractivity contribution in [2.75, 3.05) is 40.0 Å². The number of carbonyl (C=O) groups is 3. The number of rotatable bonds is 34. The normalized spacial score (nSPS) is 13.3. The van der Waals surface area contributed by atoms with Crippen molar-refractivity contribution < 1.29 is 38.8 Å². The van der Waals surface area contributed by atoms with Crippen molar-refractivity contribution in [1.29, 1.82) is 0 Å². The van der Waals surface area contributed by atoms with Crippen molar-refractivity contribution in [3.63, 3.8) is 0 Å². The Morgan fingerprint density at radius 2 is 0.979 bits per heavy atom. The summed E-state index contributed by atoms with van der Waals surface area (Å²) < 4.78 is 15.7. The maximum Gasteiger partial charge on any atom is 0.323 e. The fraction of sp³-hybridized carbons (Fsp3) is 0.919. The third-order valence-electron chi connectivity index (χ3n) is 8.58. The van der Waals surface area contributed by atoms with Crippen molar-refractivity contribution in [3.05, 3.63) is 0 Å². The summed E-state index contributed by atoms with van der Waals surface area (Å²) in [5.74, 6) is -1.21. The van der Waals surface area contributed by atoms with E-state index < -0.39 is 24.2 Å². The second-order valence-electron chi connectivity index (χ2n) is 13.1. The predicted molar refractivity (Wildman–Crippen MR) is 188 cm³/mol. The number of ether oxygens (including phenoxy) is 3. The molecule has 47 heavy (non-hydrogen) atoms. The van der Waals surface area contributed by atoms with Gasteiger partial charge in [0.15, 0.2) is 0 Å². The SMILES string of the molecule is CCCCCCCCCCCC(=O)OCC(O)CN(CC(O)COC(=O)CCCCCCCCCCC)[C@@H](CCCCN)C(=O)OC. The largest absolute Gasteiger partial charge is 0.468 e. The minimum Gasteiger partial charge on any atom is -0.468 e. The van der Waals surface area contributed by atoms with E-state index in [0.29, 0.717) is 38.6 Å². The zero-order valence-corrected chi connectivity index (χ0v) is 30.4. The molecule has 4 N–H and O–H groups in total. The highest BCUT2D eigenvalue weighted by Crippen LogP contribution is 2.15. The molecule has 0 saturated heterocycles. The van der Waals surface area contributed by atoms with Gasteiger partial charge in [-0.2, -0.15) is 0 Å². The Balaban J connectivity index is 4.71. The molecule has 0 aromatic heterocycles. The highest BCUT2D eigenvalue weighted by atomic mass is 16.5. The smallest absolute Gasteiger partial charge is 0.323 e. The van der Waals surface area contributed by atoms with Crippen LogP contribution in [0.5, 0.6) is 0 Å². The molecule has 0 aliphatic heterocycles. The van der Waals surface area contributed by atoms with Gasteiger partial charge >= 0.3 is 17.9 Å². The lowest BCUT2D eigenvalue weighted by Crippen LogP contribution is -2.50. The second kappa shape index (κ2) is 32.8. The van der Waals surface area contributed by atoms with E-state index in [-0.39, 0.29) is 38.2 Å². The van der Waals surface area contributed by atoms with Crippen LogP contribution in [0.2, 0.25) is 0 Å². The van der Waals surface area contributed by atoms with Gasteiger partial charge in [-0.05, 0) is 32.2 Å². The number of carbonyl (C=O) groups excluding carboxylic acids is 3. The molecule has 0 rings (SSSR count). The number of nitrogens with two attached hydrogens (primary N) is 1. The first-order chi connectivity index (χ1) is 22.8. The maximum absolute atomic E-state index is 12.7. The Hall–Kier alpha value is -1.75. The van der Waals surface area contributed by atoms with E-state index >= 15 is 0 Å². The van der Waals surface area contributed by atoms with Gasteiger partial charge in [0.25, 0.3) is 0 Å². The molecule has 0 amide bonds. The third-order valence-corrected chi connectivity index (χ3v) is 8.58. The van der Waals surface area contributed by atoms with Crippen molar-refractivity contribution in [1.82, 2.24) is 4.90 Å². The summed E-state index contributed by atoms with van der Waals surface area (Å²) in [5, 5.41) is 21.5. The molecule has 10 heteroatoms. The van der Waals surface area contributed by atoms with Crippen molar-refractivity contribution in [2.45, 2.75) is 180 Å². The third kappa shape index (κ3) is 27.9. The summed E-state index contributed by atoms with van der Waals surface area (Å²) in [7, 11) is 1.30. The van der Waals surface area contributed by atoms with Crippen molar-refractivity contribution in [3.8, 4) is 0 Å². The van der Waals surface area contributed by atoms with E-state index in [1.807, 2.05) is 0 Å². The van der Waals surface area contributed by atoms with Gasteiger partial charge in [0.1, 0.15) is 31.5 Å². The standard InChI is InChI=1S/C37H72N2O8/c1-4-6-8-10-12-14-16-18-20-25-35(42)46-30-32(40)28-39(34(37(44)45-3)24-22-23-27-38)29-33(41)31-47-36(43)26-21-19-17-15-13-11-9-7-5-2/h32-34,40-41H,4-31,38H2,1-3H3/t32?,33?,34-/m0/s1. The lowest BCUT2D eigenvalue weighted by atomic mass is 10.1. The number of aliphatic hydroxyl groups is 2. The molecule has 0 bridgehead atoms. The van der Waals surface area contributed by atoms with Crippen LogP contribution in [0.25, 0.3) is 0 Å². The minimum atomic E-state index is -1.08. The minimum absolute atomic E-state index is 0.0306. The lowest BCUT2D eigenvalue weighted by molar-refractivity contribution is -0.153. The first kappa shape index (κ1) is 45.2. The van der Waals surface area contributed by atoms with Gasteiger partial charge in [-0.15, -0.1) is 0 Å². The zero-order chi connectivity index (χ0) is 35.0. The number of esters is 3. The average Bonchev–Trinajstić information content (AvgIpc) is 3.06. The number of nitrogens with zero attached hydrogens (tertiary/aromatic N) is 1. The molecule has 0 radical (unpaired) electrons. The molecule has 2 unspecified atom stereocenters. The van der Waals surface area contributed by atoms with Crippen molar-refractivity contribution in [2.24, 2.45) is 5.73 Å². The van der Waals surface area contributed by atoms with Crippen LogP contribution in [-0.4, -0.2) is 91.2 Å². The number of hydrogen-bond donors (Lipinski definition) is 3. The molecule has 278 valence electrons. The fourth-order valence-corrected chi connectivity index (χ4v) is 5.73. The molecule has 0 spiro atoms. The van der Waals surface area contributed by atoms with Crippen LogP contribution >= 0.6 is 0 Å². The quantitative estimate of drug-likeness (QED) is 0.0387. The summed E-state index contributed by atoms with van der Waals surface area (Å²) in [6.45, 7) is 4.41. The molecule has 0 saturated carbocycles. The van der Waals surface area contributed by atoms with Crippen LogP contribution in [0.3, 0.4) is 0 Å². The van der Waals surface area contributed by atoms with E-state index in [0.717, 1.165) is 38.5 Å². The highest BCUT2D eigenvalue weighted by molar-refractivity contribution is 5.75. The molecule has 0 aliphatic rings. The van der Waals surface area contributed by atoms with Crippen LogP contribution in [-0.2, 0) is 28.6 Å². The zero-order valence-electron chi connectivity index (χ0n) is 30.4. The number of hydrogen-bond acceptors (Lipinski definition) is 10. The van der Waals surface area contributed by atoms with E-state index in [4.69, 9.17) is 19.9 Å². The van der Waals surface area contributed by atoms with E-state index in [9.17, 15) is 24.6 Å². The summed E-state index contributed by atoms with van der Waals surface area (Å²) >= 11 is 0. The molecule has 0 heterocycles. The molecule has 0 aliphatic carbocycles. The Bertz CT molecular complexity index is 708. The molecule has 10 nitrogen and oxygen atoms in total. The van der Waals surface area contributed by atoms with Gasteiger partial charge in [-0.1, -0.05) is 123 Å². The number of unbranched alkanes of at least 4 members (excludes halogenated alkanes) is 17. The summed E-state index contributed by atoms with van der Waals surface area (Å²) in [6.07, 6.45) is 21.0. The Morgan fingerprint density at radius 1 is 0.596 bits per heavy atom. The van der Waals surface area contributed by atoms with Gasteiger partial charge in [-0.25, -0.2) is 0 Å². The van der Waals surface area contributed by atoms with Crippen LogP contribution < -0.4 is 5.73 Å². The molecule has 3 atom stereocenters. The first-order valence-corrected chi connectivity index (χ1v) is 19.0. The van der Waals surface area contributed by atoms with Crippen LogP contribution in [0, 0.1) is 0 Å². The maximum atomic E-state index is 12.7. The summed E-state index contributed by atoms with van der Waals surface area (Å²) in [5.41, 5.74) is 5.65. The monoisotopic (exact) mass is 673 g/mol. The van der Waals surface area contributed by atoms with Crippen LogP contribution in [0.1, 0.15) is 162 Å². The Morgan fingerprint density at radius 3 is 1.34 bits per heavy atom. The Kier molecular flexibility index (Phi) is 31.6. The number of methoxy groups -OCH3 is 1. The molecule has 0 aromatic carbocycles. The molecular formula is C37H72N2O8. The first-order valence-electron chi connectivity index (χ1n) is 19.0. The fourth-order valence-electron chi connectivity index (χ4n) is 5.73. The van der Waals surface area contributed by atoms with Gasteiger partial charge in [0.05, 0.1) is 7.11 Å².